The number of aliphatic imine (C=N–C) groups is 1. The van der Waals surface area contributed by atoms with E-state index in [1.165, 1.54) is 47.0 Å². The molecule has 1 aliphatic heterocycles. The van der Waals surface area contributed by atoms with Crippen LogP contribution in [-0.4, -0.2) is 43.9 Å². The van der Waals surface area contributed by atoms with E-state index in [9.17, 15) is 22.8 Å². The number of hydrogen-bond acceptors (Lipinski definition) is 6. The number of unbranched alkanes of at least 4 members (excludes halogenated alkanes) is 2. The molecular formula is C32H30F3N5O3S. The SMILES string of the molecule is Cc1cccc(C)c1N1C(=O)CSC1=NC(=O)CCCCCc1cccc(-c2ncn(-c3ccc(OC(F)(F)F)cc3)n2)c1. The van der Waals surface area contributed by atoms with Gasteiger partial charge in [0, 0.05) is 12.0 Å². The number of thioether (sulfide) groups is 1. The lowest BCUT2D eigenvalue weighted by Gasteiger charge is -2.20. The number of aryl methyl sites for hydroxylation is 3. The van der Waals surface area contributed by atoms with Crippen molar-refractivity contribution >= 4 is 34.4 Å². The number of aromatic nitrogens is 3. The Morgan fingerprint density at radius 3 is 2.45 bits per heavy atom. The molecule has 5 rings (SSSR count). The van der Waals surface area contributed by atoms with Crippen molar-refractivity contribution in [2.24, 2.45) is 4.99 Å². The fourth-order valence-electron chi connectivity index (χ4n) is 4.95. The minimum atomic E-state index is -4.75. The van der Waals surface area contributed by atoms with E-state index >= 15 is 0 Å². The number of hydrogen-bond donors (Lipinski definition) is 0. The molecule has 12 heteroatoms. The Bertz CT molecular complexity index is 1660. The molecule has 0 N–H and O–H groups in total. The summed E-state index contributed by atoms with van der Waals surface area (Å²) >= 11 is 1.29. The van der Waals surface area contributed by atoms with Gasteiger partial charge in [0.1, 0.15) is 12.1 Å². The van der Waals surface area contributed by atoms with Crippen molar-refractivity contribution in [3.8, 4) is 22.8 Å². The zero-order valence-corrected chi connectivity index (χ0v) is 25.0. The summed E-state index contributed by atoms with van der Waals surface area (Å²) in [6.07, 6.45) is 0.281. The quantitative estimate of drug-likeness (QED) is 0.174. The molecule has 228 valence electrons. The Labute approximate surface area is 257 Å². The zero-order valence-electron chi connectivity index (χ0n) is 24.2. The Morgan fingerprint density at radius 2 is 1.73 bits per heavy atom. The van der Waals surface area contributed by atoms with Crippen LogP contribution in [0.3, 0.4) is 0 Å². The standard InChI is InChI=1S/C32H30F3N5O3S/c1-21-8-6-9-22(2)29(21)40-28(42)19-44-31(40)37-27(41)13-5-3-4-10-23-11-7-12-24(18-23)30-36-20-39(38-30)25-14-16-26(17-15-25)43-32(33,34)35/h6-9,11-12,14-18,20H,3-5,10,13,19H2,1-2H3. The van der Waals surface area contributed by atoms with E-state index in [4.69, 9.17) is 0 Å². The maximum absolute atomic E-state index is 12.7. The zero-order chi connectivity index (χ0) is 31.3. The molecule has 44 heavy (non-hydrogen) atoms. The van der Waals surface area contributed by atoms with Crippen LogP contribution in [0.1, 0.15) is 42.4 Å². The molecule has 0 unspecified atom stereocenters. The van der Waals surface area contributed by atoms with Crippen LogP contribution < -0.4 is 9.64 Å². The van der Waals surface area contributed by atoms with Gasteiger partial charge in [-0.2, -0.15) is 4.99 Å². The first kappa shape index (κ1) is 31.0. The Balaban J connectivity index is 1.12. The average Bonchev–Trinajstić information content (AvgIpc) is 3.60. The van der Waals surface area contributed by atoms with Gasteiger partial charge in [-0.3, -0.25) is 14.5 Å². The third kappa shape index (κ3) is 7.73. The molecule has 3 aromatic carbocycles. The van der Waals surface area contributed by atoms with E-state index in [1.807, 2.05) is 56.3 Å². The summed E-state index contributed by atoms with van der Waals surface area (Å²) in [6.45, 7) is 3.89. The van der Waals surface area contributed by atoms with Gasteiger partial charge in [0.15, 0.2) is 11.0 Å². The molecule has 4 aromatic rings. The lowest BCUT2D eigenvalue weighted by atomic mass is 10.0. The fraction of sp³-hybridized carbons (Fsp3) is 0.281. The summed E-state index contributed by atoms with van der Waals surface area (Å²) in [5.74, 6) is 0.144. The van der Waals surface area contributed by atoms with Crippen molar-refractivity contribution in [1.29, 1.82) is 0 Å². The monoisotopic (exact) mass is 621 g/mol. The number of benzene rings is 3. The summed E-state index contributed by atoms with van der Waals surface area (Å²) in [5, 5.41) is 4.91. The largest absolute Gasteiger partial charge is 0.573 e. The van der Waals surface area contributed by atoms with Gasteiger partial charge in [-0.05, 0) is 80.1 Å². The Morgan fingerprint density at radius 1 is 1.00 bits per heavy atom. The highest BCUT2D eigenvalue weighted by molar-refractivity contribution is 8.15. The summed E-state index contributed by atoms with van der Waals surface area (Å²) in [6, 6.07) is 19.1. The van der Waals surface area contributed by atoms with Crippen molar-refractivity contribution in [3.63, 3.8) is 0 Å². The number of anilines is 1. The van der Waals surface area contributed by atoms with Gasteiger partial charge in [-0.1, -0.05) is 54.6 Å². The second-order valence-corrected chi connectivity index (χ2v) is 11.3. The first-order valence-corrected chi connectivity index (χ1v) is 15.1. The lowest BCUT2D eigenvalue weighted by molar-refractivity contribution is -0.274. The van der Waals surface area contributed by atoms with Crippen LogP contribution in [0.15, 0.2) is 78.0 Å². The predicted octanol–water partition coefficient (Wildman–Crippen LogP) is 7.22. The molecule has 0 atom stereocenters. The number of halogens is 3. The third-order valence-corrected chi connectivity index (χ3v) is 7.94. The highest BCUT2D eigenvalue weighted by Gasteiger charge is 2.32. The molecule has 0 aliphatic carbocycles. The van der Waals surface area contributed by atoms with Crippen molar-refractivity contribution in [2.75, 3.05) is 10.7 Å². The van der Waals surface area contributed by atoms with Gasteiger partial charge >= 0.3 is 6.36 Å². The van der Waals surface area contributed by atoms with Gasteiger partial charge in [0.25, 0.3) is 0 Å². The number of ether oxygens (including phenoxy) is 1. The maximum atomic E-state index is 12.7. The topological polar surface area (TPSA) is 89.7 Å². The highest BCUT2D eigenvalue weighted by Crippen LogP contribution is 2.32. The van der Waals surface area contributed by atoms with Gasteiger partial charge in [-0.15, -0.1) is 18.3 Å². The molecule has 2 amide bonds. The second-order valence-electron chi connectivity index (χ2n) is 10.4. The third-order valence-electron chi connectivity index (χ3n) is 7.02. The number of amidine groups is 1. The van der Waals surface area contributed by atoms with Crippen LogP contribution in [0.2, 0.25) is 0 Å². The molecule has 1 saturated heterocycles. The minimum absolute atomic E-state index is 0.0724. The minimum Gasteiger partial charge on any atom is -0.406 e. The number of para-hydroxylation sites is 1. The predicted molar refractivity (Wildman–Crippen MR) is 164 cm³/mol. The smallest absolute Gasteiger partial charge is 0.406 e. The molecular weight excluding hydrogens is 591 g/mol. The van der Waals surface area contributed by atoms with Gasteiger partial charge in [-0.25, -0.2) is 9.67 Å². The van der Waals surface area contributed by atoms with Crippen LogP contribution >= 0.6 is 11.8 Å². The highest BCUT2D eigenvalue weighted by atomic mass is 32.2. The summed E-state index contributed by atoms with van der Waals surface area (Å²) in [4.78, 5) is 35.5. The normalized spacial score (nSPS) is 14.4. The maximum Gasteiger partial charge on any atom is 0.573 e. The van der Waals surface area contributed by atoms with Crippen LogP contribution in [-0.2, 0) is 16.0 Å². The van der Waals surface area contributed by atoms with E-state index in [0.29, 0.717) is 29.5 Å². The molecule has 0 saturated carbocycles. The molecule has 0 bridgehead atoms. The van der Waals surface area contributed by atoms with Crippen LogP contribution in [0, 0.1) is 13.8 Å². The molecule has 8 nitrogen and oxygen atoms in total. The van der Waals surface area contributed by atoms with Crippen molar-refractivity contribution in [1.82, 2.24) is 14.8 Å². The second kappa shape index (κ2) is 13.5. The summed E-state index contributed by atoms with van der Waals surface area (Å²) in [5.41, 5.74) is 5.19. The number of carbonyl (C=O) groups excluding carboxylic acids is 2. The van der Waals surface area contributed by atoms with E-state index in [0.717, 1.165) is 47.2 Å². The Hall–Kier alpha value is -4.45. The molecule has 1 fully saturated rings. The van der Waals surface area contributed by atoms with E-state index in [-0.39, 0.29) is 23.3 Å². The number of nitrogens with zero attached hydrogens (tertiary/aromatic N) is 5. The molecule has 2 heterocycles. The van der Waals surface area contributed by atoms with Crippen molar-refractivity contribution in [2.45, 2.75) is 52.3 Å². The number of rotatable bonds is 10. The number of carbonyl (C=O) groups is 2. The van der Waals surface area contributed by atoms with Gasteiger partial charge < -0.3 is 4.74 Å². The summed E-state index contributed by atoms with van der Waals surface area (Å²) < 4.78 is 42.7. The first-order chi connectivity index (χ1) is 21.1. The van der Waals surface area contributed by atoms with Crippen LogP contribution in [0.5, 0.6) is 5.75 Å². The van der Waals surface area contributed by atoms with E-state index in [1.54, 1.807) is 4.90 Å². The molecule has 0 radical (unpaired) electrons. The molecule has 1 aliphatic rings. The fourth-order valence-corrected chi connectivity index (χ4v) is 5.82. The first-order valence-electron chi connectivity index (χ1n) is 14.1. The number of amides is 2. The average molecular weight is 622 g/mol. The molecule has 1 aromatic heterocycles. The van der Waals surface area contributed by atoms with Crippen LogP contribution in [0.4, 0.5) is 18.9 Å². The molecule has 0 spiro atoms. The van der Waals surface area contributed by atoms with E-state index in [2.05, 4.69) is 19.8 Å². The number of alkyl halides is 3. The van der Waals surface area contributed by atoms with Gasteiger partial charge in [0.2, 0.25) is 11.8 Å². The van der Waals surface area contributed by atoms with Gasteiger partial charge in [0.05, 0.1) is 17.1 Å². The van der Waals surface area contributed by atoms with Crippen molar-refractivity contribution in [3.05, 3.63) is 89.7 Å². The van der Waals surface area contributed by atoms with Crippen molar-refractivity contribution < 1.29 is 27.5 Å². The Kier molecular flexibility index (Phi) is 9.48. The lowest BCUT2D eigenvalue weighted by Crippen LogP contribution is -2.31. The van der Waals surface area contributed by atoms with E-state index < -0.39 is 6.36 Å². The van der Waals surface area contributed by atoms with Crippen LogP contribution in [0.25, 0.3) is 17.1 Å². The summed E-state index contributed by atoms with van der Waals surface area (Å²) in [7, 11) is 0.